The number of aromatic hydroxyl groups is 6. The third kappa shape index (κ3) is 4.83. The van der Waals surface area contributed by atoms with Gasteiger partial charge in [-0.15, -0.1) is 0 Å². The van der Waals surface area contributed by atoms with Crippen LogP contribution in [0.25, 0.3) is 0 Å². The Balaban J connectivity index is 1.94. The molecule has 54 heavy (non-hydrogen) atoms. The van der Waals surface area contributed by atoms with Gasteiger partial charge in [-0.25, -0.2) is 0 Å². The molecule has 1 aliphatic heterocycles. The Bertz CT molecular complexity index is 2040. The van der Waals surface area contributed by atoms with Crippen molar-refractivity contribution in [3.05, 3.63) is 146 Å². The first kappa shape index (κ1) is 37.7. The topological polar surface area (TPSA) is 121 Å². The van der Waals surface area contributed by atoms with E-state index in [0.29, 0.717) is 0 Å². The van der Waals surface area contributed by atoms with Crippen molar-refractivity contribution in [3.8, 4) is 34.5 Å². The first-order valence-corrected chi connectivity index (χ1v) is 39.3. The number of benzene rings is 6. The van der Waals surface area contributed by atoms with Crippen LogP contribution >= 0.6 is 0 Å². The lowest BCUT2D eigenvalue weighted by molar-refractivity contribution is 0.475. The second kappa shape index (κ2) is 13.0. The fourth-order valence-electron chi connectivity index (χ4n) is 10.9. The van der Waals surface area contributed by atoms with Gasteiger partial charge in [-0.2, -0.15) is 0 Å². The summed E-state index contributed by atoms with van der Waals surface area (Å²) >= 11 is 0. The summed E-state index contributed by atoms with van der Waals surface area (Å²) in [6, 6.07) is 47.9. The number of rotatable bonds is 6. The van der Waals surface area contributed by atoms with E-state index in [2.05, 4.69) is 112 Å². The predicted molar refractivity (Wildman–Crippen MR) is 236 cm³/mol. The summed E-state index contributed by atoms with van der Waals surface area (Å²) in [6.45, 7) is 15.9. The van der Waals surface area contributed by atoms with Gasteiger partial charge in [0.05, 0.1) is 0 Å². The highest BCUT2D eigenvalue weighted by Crippen LogP contribution is 2.51. The molecule has 0 unspecified atom stereocenters. The molecule has 6 aromatic rings. The predicted octanol–water partition coefficient (Wildman–Crippen LogP) is 4.62. The molecule has 6 nitrogen and oxygen atoms in total. The summed E-state index contributed by atoms with van der Waals surface area (Å²) in [5.41, 5.74) is 0. The molecule has 0 aliphatic carbocycles. The largest absolute Gasteiger partial charge is 0.508 e. The fourth-order valence-corrected chi connectivity index (χ4v) is 240. The van der Waals surface area contributed by atoms with E-state index in [4.69, 9.17) is 0 Å². The fraction of sp³-hybridized carbons (Fsp3) is 0.143. The van der Waals surface area contributed by atoms with Gasteiger partial charge in [-0.3, -0.25) is 0 Å². The van der Waals surface area contributed by atoms with Gasteiger partial charge >= 0.3 is 0 Å². The van der Waals surface area contributed by atoms with Crippen LogP contribution in [0.5, 0.6) is 34.5 Å². The monoisotopic (exact) mass is 816 g/mol. The van der Waals surface area contributed by atoms with Gasteiger partial charge in [0.25, 0.3) is 0 Å². The van der Waals surface area contributed by atoms with Crippen molar-refractivity contribution in [2.24, 2.45) is 0 Å². The molecule has 7 rings (SSSR count). The molecule has 6 N–H and O–H groups in total. The Morgan fingerprint density at radius 2 is 0.370 bits per heavy atom. The maximum Gasteiger partial charge on any atom is 0.119 e. The number of hydrogen-bond acceptors (Lipinski definition) is 6. The Morgan fingerprint density at radius 3 is 0.537 bits per heavy atom. The molecule has 1 heterocycles. The van der Waals surface area contributed by atoms with Crippen LogP contribution in [-0.2, 0) is 0 Å². The standard InChI is InChI=1S/C42H48O6Si6/c1-49(2)50(3,4)52(37-19-7-31(43)8-20-37,38-21-9-32(44)10-22-38)54(41-27-15-35(47)16-28-41,42-29-17-36(48)18-30-42)53(51(49,5)6,39-23-11-33(45)12-24-39)40-25-13-34(46)14-26-40/h7-30,43-48H,1-6H3. The highest BCUT2D eigenvalue weighted by Gasteiger charge is 2.87. The van der Waals surface area contributed by atoms with Crippen molar-refractivity contribution >= 4 is 73.8 Å². The van der Waals surface area contributed by atoms with E-state index < -0.39 is 42.7 Å². The van der Waals surface area contributed by atoms with E-state index >= 15 is 0 Å². The third-order valence-corrected chi connectivity index (χ3v) is 148. The molecule has 0 aromatic heterocycles. The lowest BCUT2D eigenvalue weighted by Crippen LogP contribution is -3.16. The van der Waals surface area contributed by atoms with Crippen molar-refractivity contribution < 1.29 is 30.6 Å². The Labute approximate surface area is 322 Å². The van der Waals surface area contributed by atoms with Crippen LogP contribution in [-0.4, -0.2) is 73.3 Å². The second-order valence-electron chi connectivity index (χ2n) is 16.4. The molecular weight excluding hydrogens is 769 g/mol. The molecule has 0 bridgehead atoms. The molecule has 276 valence electrons. The molecule has 0 spiro atoms. The van der Waals surface area contributed by atoms with Crippen molar-refractivity contribution in [2.75, 3.05) is 0 Å². The average molecular weight is 817 g/mol. The maximum atomic E-state index is 11.0. The smallest absolute Gasteiger partial charge is 0.119 e. The Kier molecular flexibility index (Phi) is 9.10. The molecule has 6 aromatic carbocycles. The summed E-state index contributed by atoms with van der Waals surface area (Å²) in [4.78, 5) is 0. The summed E-state index contributed by atoms with van der Waals surface area (Å²) in [5.74, 6) is 1.12. The first-order chi connectivity index (χ1) is 25.5. The summed E-state index contributed by atoms with van der Waals surface area (Å²) in [6.07, 6.45) is 0. The van der Waals surface area contributed by atoms with E-state index in [0.717, 1.165) is 0 Å². The highest BCUT2D eigenvalue weighted by atomic mass is 30.2. The molecule has 0 radical (unpaired) electrons. The third-order valence-electron chi connectivity index (χ3n) is 13.9. The summed E-state index contributed by atoms with van der Waals surface area (Å²) in [7, 11) is -17.8. The molecule has 0 saturated carbocycles. The maximum absolute atomic E-state index is 11.0. The van der Waals surface area contributed by atoms with Gasteiger partial charge in [-0.05, 0) is 72.8 Å². The van der Waals surface area contributed by atoms with Crippen LogP contribution in [0.3, 0.4) is 0 Å². The van der Waals surface area contributed by atoms with Crippen molar-refractivity contribution in [2.45, 2.75) is 39.3 Å². The molecule has 1 aliphatic rings. The molecular formula is C42H48O6Si6. The van der Waals surface area contributed by atoms with E-state index in [1.165, 1.54) is 31.1 Å². The van der Waals surface area contributed by atoms with Crippen molar-refractivity contribution in [3.63, 3.8) is 0 Å². The minimum Gasteiger partial charge on any atom is -0.508 e. The quantitative estimate of drug-likeness (QED) is 0.137. The summed E-state index contributed by atoms with van der Waals surface area (Å²) in [5, 5.41) is 73.0. The molecule has 0 amide bonds. The SMILES string of the molecule is C[Si]1(C)[Si](C)(C)[Si](c2ccc(O)cc2)(c2ccc(O)cc2)[Si](c2ccc(O)cc2)(c2ccc(O)cc2)[Si](c2ccc(O)cc2)(c2ccc(O)cc2)[Si]1(C)C. The zero-order valence-electron chi connectivity index (χ0n) is 31.5. The van der Waals surface area contributed by atoms with E-state index in [-0.39, 0.29) is 34.5 Å². The van der Waals surface area contributed by atoms with Crippen LogP contribution in [0, 0.1) is 0 Å². The lowest BCUT2D eigenvalue weighted by atomic mass is 10.3. The van der Waals surface area contributed by atoms with Crippen molar-refractivity contribution in [1.82, 2.24) is 0 Å². The van der Waals surface area contributed by atoms with Crippen LogP contribution in [0.2, 0.25) is 39.3 Å². The van der Waals surface area contributed by atoms with E-state index in [1.54, 1.807) is 0 Å². The van der Waals surface area contributed by atoms with E-state index in [9.17, 15) is 30.6 Å². The van der Waals surface area contributed by atoms with E-state index in [1.807, 2.05) is 72.8 Å². The zero-order valence-corrected chi connectivity index (χ0v) is 37.5. The number of phenols is 6. The van der Waals surface area contributed by atoms with Gasteiger partial charge in [0.2, 0.25) is 0 Å². The molecule has 1 saturated heterocycles. The first-order valence-electron chi connectivity index (χ1n) is 18.3. The Hall–Kier alpha value is -4.58. The van der Waals surface area contributed by atoms with Crippen LogP contribution in [0.4, 0.5) is 0 Å². The number of hydrogen-bond donors (Lipinski definition) is 6. The minimum absolute atomic E-state index is 0.176. The minimum atomic E-state index is -3.55. The highest BCUT2D eigenvalue weighted by molar-refractivity contribution is 8.21. The zero-order chi connectivity index (χ0) is 38.9. The van der Waals surface area contributed by atoms with Gasteiger partial charge in [-0.1, -0.05) is 143 Å². The van der Waals surface area contributed by atoms with Gasteiger partial charge in [0.15, 0.2) is 0 Å². The van der Waals surface area contributed by atoms with Crippen LogP contribution in [0.15, 0.2) is 146 Å². The van der Waals surface area contributed by atoms with Gasteiger partial charge in [0, 0.05) is 21.3 Å². The normalized spacial score (nSPS) is 18.8. The van der Waals surface area contributed by atoms with Gasteiger partial charge in [0.1, 0.15) is 55.8 Å². The van der Waals surface area contributed by atoms with Crippen LogP contribution < -0.4 is 31.1 Å². The van der Waals surface area contributed by atoms with Crippen LogP contribution in [0.1, 0.15) is 0 Å². The molecule has 0 atom stereocenters. The number of phenolic OH excluding ortho intramolecular Hbond substituents is 6. The Morgan fingerprint density at radius 1 is 0.222 bits per heavy atom. The molecule has 1 fully saturated rings. The lowest BCUT2D eigenvalue weighted by Gasteiger charge is -2.76. The second-order valence-corrected chi connectivity index (χ2v) is 79.1. The summed E-state index contributed by atoms with van der Waals surface area (Å²) < 4.78 is 0. The average Bonchev–Trinajstić information content (AvgIpc) is 3.14. The van der Waals surface area contributed by atoms with Gasteiger partial charge < -0.3 is 30.6 Å². The molecule has 12 heteroatoms. The van der Waals surface area contributed by atoms with Crippen molar-refractivity contribution in [1.29, 1.82) is 0 Å².